The van der Waals surface area contributed by atoms with Gasteiger partial charge in [0.2, 0.25) is 0 Å². The molecule has 0 unspecified atom stereocenters. The minimum absolute atomic E-state index is 1.21. The summed E-state index contributed by atoms with van der Waals surface area (Å²) in [6.45, 7) is 9.80. The minimum atomic E-state index is 1.21. The van der Waals surface area contributed by atoms with Gasteiger partial charge in [0.05, 0.1) is 0 Å². The van der Waals surface area contributed by atoms with E-state index in [1.165, 1.54) is 11.1 Å². The van der Waals surface area contributed by atoms with Crippen LogP contribution in [-0.2, 0) is 0 Å². The van der Waals surface area contributed by atoms with Gasteiger partial charge >= 0.3 is 0 Å². The molecule has 0 heteroatoms. The summed E-state index contributed by atoms with van der Waals surface area (Å²) in [6, 6.07) is 0. The Balaban J connectivity index is 4.11. The molecule has 0 radical (unpaired) electrons. The second-order valence-electron chi connectivity index (χ2n) is 2.13. The Morgan fingerprint density at radius 3 is 2.11 bits per heavy atom. The summed E-state index contributed by atoms with van der Waals surface area (Å²) in [4.78, 5) is 0. The molecule has 0 fully saturated rings. The highest BCUT2D eigenvalue weighted by atomic mass is 13.9. The number of hydrogen-bond acceptors (Lipinski definition) is 0. The van der Waals surface area contributed by atoms with Gasteiger partial charge in [0.25, 0.3) is 0 Å². The van der Waals surface area contributed by atoms with Crippen LogP contribution in [0.4, 0.5) is 0 Å². The van der Waals surface area contributed by atoms with Gasteiger partial charge in [-0.1, -0.05) is 36.0 Å². The van der Waals surface area contributed by atoms with Crippen molar-refractivity contribution in [2.75, 3.05) is 0 Å². The van der Waals surface area contributed by atoms with E-state index in [0.717, 1.165) is 0 Å². The lowest BCUT2D eigenvalue weighted by atomic mass is 10.2. The third-order valence-corrected chi connectivity index (χ3v) is 1.23. The average Bonchev–Trinajstić information content (AvgIpc) is 1.87. The molecule has 0 heterocycles. The fraction of sp³-hybridized carbons (Fsp3) is 0.333. The van der Waals surface area contributed by atoms with Crippen LogP contribution in [0.5, 0.6) is 0 Å². The highest BCUT2D eigenvalue weighted by Gasteiger charge is 1.79. The fourth-order valence-electron chi connectivity index (χ4n) is 0.501. The third-order valence-electron chi connectivity index (χ3n) is 1.23. The second-order valence-corrected chi connectivity index (χ2v) is 2.13. The van der Waals surface area contributed by atoms with E-state index in [-0.39, 0.29) is 0 Å². The van der Waals surface area contributed by atoms with E-state index in [2.05, 4.69) is 25.7 Å². The van der Waals surface area contributed by atoms with E-state index in [1.807, 2.05) is 19.9 Å². The molecule has 0 saturated heterocycles. The van der Waals surface area contributed by atoms with Gasteiger partial charge in [-0.15, -0.1) is 0 Å². The highest BCUT2D eigenvalue weighted by Crippen LogP contribution is 2.00. The van der Waals surface area contributed by atoms with Crippen LogP contribution in [0.2, 0.25) is 0 Å². The highest BCUT2D eigenvalue weighted by molar-refractivity contribution is 5.25. The molecular formula is C9H14. The molecule has 0 atom stereocenters. The molecule has 0 aliphatic rings. The lowest BCUT2D eigenvalue weighted by Crippen LogP contribution is -1.69. The molecule has 0 saturated carbocycles. The molecule has 9 heavy (non-hydrogen) atoms. The van der Waals surface area contributed by atoms with Crippen molar-refractivity contribution in [3.63, 3.8) is 0 Å². The van der Waals surface area contributed by atoms with Crippen LogP contribution in [0, 0.1) is 0 Å². The predicted octanol–water partition coefficient (Wildman–Crippen LogP) is 3.08. The first-order chi connectivity index (χ1) is 4.20. The number of allylic oxidation sites excluding steroid dienone is 5. The summed E-state index contributed by atoms with van der Waals surface area (Å²) in [7, 11) is 0. The van der Waals surface area contributed by atoms with E-state index >= 15 is 0 Å². The van der Waals surface area contributed by atoms with Gasteiger partial charge in [-0.3, -0.25) is 0 Å². The van der Waals surface area contributed by atoms with Crippen molar-refractivity contribution >= 4 is 0 Å². The van der Waals surface area contributed by atoms with E-state index in [1.54, 1.807) is 0 Å². The van der Waals surface area contributed by atoms with Crippen LogP contribution < -0.4 is 0 Å². The van der Waals surface area contributed by atoms with E-state index in [0.29, 0.717) is 0 Å². The molecule has 0 aromatic heterocycles. The Kier molecular flexibility index (Phi) is 3.78. The number of rotatable bonds is 2. The Bertz CT molecular complexity index is 147. The quantitative estimate of drug-likeness (QED) is 0.494. The van der Waals surface area contributed by atoms with Crippen molar-refractivity contribution in [2.45, 2.75) is 20.8 Å². The molecule has 0 aliphatic heterocycles. The Morgan fingerprint density at radius 1 is 1.22 bits per heavy atom. The summed E-state index contributed by atoms with van der Waals surface area (Å²) in [5, 5.41) is 0. The number of hydrogen-bond donors (Lipinski definition) is 0. The van der Waals surface area contributed by atoms with Crippen molar-refractivity contribution in [1.82, 2.24) is 0 Å². The molecule has 0 aliphatic carbocycles. The monoisotopic (exact) mass is 122 g/mol. The first-order valence-electron chi connectivity index (χ1n) is 3.14. The lowest BCUT2D eigenvalue weighted by Gasteiger charge is -1.90. The standard InChI is InChI=1S/C9H14/c1-5-8(3)7-9(4)6-2/h5-7H,1H2,2-4H3/b8-7+,9-6+. The SMILES string of the molecule is C=C/C(C)=C/C(C)=C/C. The van der Waals surface area contributed by atoms with Gasteiger partial charge < -0.3 is 0 Å². The molecule has 0 amide bonds. The zero-order chi connectivity index (χ0) is 7.28. The van der Waals surface area contributed by atoms with Gasteiger partial charge in [0, 0.05) is 0 Å². The molecule has 0 rings (SSSR count). The van der Waals surface area contributed by atoms with Crippen molar-refractivity contribution in [1.29, 1.82) is 0 Å². The van der Waals surface area contributed by atoms with Gasteiger partial charge in [-0.2, -0.15) is 0 Å². The average molecular weight is 122 g/mol. The van der Waals surface area contributed by atoms with Crippen molar-refractivity contribution in [3.05, 3.63) is 36.0 Å². The predicted molar refractivity (Wildman–Crippen MR) is 43.4 cm³/mol. The molecule has 0 aromatic rings. The summed E-state index contributed by atoms with van der Waals surface area (Å²) in [6.07, 6.45) is 6.03. The summed E-state index contributed by atoms with van der Waals surface area (Å²) in [5.41, 5.74) is 2.50. The van der Waals surface area contributed by atoms with E-state index in [4.69, 9.17) is 0 Å². The maximum absolute atomic E-state index is 3.65. The Hall–Kier alpha value is -0.780. The smallest absolute Gasteiger partial charge is 0.0398 e. The van der Waals surface area contributed by atoms with Crippen molar-refractivity contribution < 1.29 is 0 Å². The lowest BCUT2D eigenvalue weighted by molar-refractivity contribution is 1.42. The van der Waals surface area contributed by atoms with Gasteiger partial charge in [0.1, 0.15) is 0 Å². The summed E-state index contributed by atoms with van der Waals surface area (Å²) >= 11 is 0. The molecule has 0 spiro atoms. The van der Waals surface area contributed by atoms with Gasteiger partial charge in [0.15, 0.2) is 0 Å². The molecule has 0 N–H and O–H groups in total. The molecule has 0 nitrogen and oxygen atoms in total. The van der Waals surface area contributed by atoms with Crippen LogP contribution in [-0.4, -0.2) is 0 Å². The third kappa shape index (κ3) is 3.77. The molecular weight excluding hydrogens is 108 g/mol. The zero-order valence-corrected chi connectivity index (χ0v) is 6.44. The maximum atomic E-state index is 3.65. The van der Waals surface area contributed by atoms with Gasteiger partial charge in [-0.25, -0.2) is 0 Å². The largest absolute Gasteiger partial charge is 0.0988 e. The summed E-state index contributed by atoms with van der Waals surface area (Å²) in [5.74, 6) is 0. The fourth-order valence-corrected chi connectivity index (χ4v) is 0.501. The zero-order valence-electron chi connectivity index (χ0n) is 6.44. The Labute approximate surface area is 57.6 Å². The van der Waals surface area contributed by atoms with Crippen LogP contribution >= 0.6 is 0 Å². The first-order valence-corrected chi connectivity index (χ1v) is 3.14. The molecule has 50 valence electrons. The van der Waals surface area contributed by atoms with Crippen LogP contribution in [0.1, 0.15) is 20.8 Å². The van der Waals surface area contributed by atoms with E-state index < -0.39 is 0 Å². The maximum Gasteiger partial charge on any atom is -0.0398 e. The Morgan fingerprint density at radius 2 is 1.78 bits per heavy atom. The van der Waals surface area contributed by atoms with Crippen LogP contribution in [0.15, 0.2) is 36.0 Å². The molecule has 0 bridgehead atoms. The molecule has 0 aromatic carbocycles. The van der Waals surface area contributed by atoms with Crippen molar-refractivity contribution in [3.8, 4) is 0 Å². The minimum Gasteiger partial charge on any atom is -0.0988 e. The normalized spacial score (nSPS) is 13.7. The van der Waals surface area contributed by atoms with Crippen LogP contribution in [0.25, 0.3) is 0 Å². The summed E-state index contributed by atoms with van der Waals surface area (Å²) < 4.78 is 0. The van der Waals surface area contributed by atoms with Crippen LogP contribution in [0.3, 0.4) is 0 Å². The first kappa shape index (κ1) is 8.22. The second kappa shape index (κ2) is 4.13. The van der Waals surface area contributed by atoms with E-state index in [9.17, 15) is 0 Å². The van der Waals surface area contributed by atoms with Gasteiger partial charge in [-0.05, 0) is 20.8 Å². The van der Waals surface area contributed by atoms with Crippen molar-refractivity contribution in [2.24, 2.45) is 0 Å². The topological polar surface area (TPSA) is 0 Å².